The smallest absolute Gasteiger partial charge is 0.308 e. The number of hydrogen-bond acceptors (Lipinski definition) is 5. The summed E-state index contributed by atoms with van der Waals surface area (Å²) in [4.78, 5) is 14.4. The van der Waals surface area contributed by atoms with Crippen molar-refractivity contribution in [3.8, 4) is 5.75 Å². The lowest BCUT2D eigenvalue weighted by Crippen LogP contribution is -2.32. The zero-order valence-electron chi connectivity index (χ0n) is 14.1. The molecule has 1 fully saturated rings. The second-order valence-corrected chi connectivity index (χ2v) is 8.04. The summed E-state index contributed by atoms with van der Waals surface area (Å²) in [6.45, 7) is 2.57. The van der Waals surface area contributed by atoms with E-state index in [-0.39, 0.29) is 17.4 Å². The predicted octanol–water partition coefficient (Wildman–Crippen LogP) is 3.06. The Balaban J connectivity index is 1.76. The molecular weight excluding hydrogens is 342 g/mol. The maximum Gasteiger partial charge on any atom is 0.308 e. The van der Waals surface area contributed by atoms with Gasteiger partial charge in [-0.1, -0.05) is 12.1 Å². The van der Waals surface area contributed by atoms with E-state index in [9.17, 15) is 13.2 Å². The third-order valence-electron chi connectivity index (χ3n) is 4.04. The van der Waals surface area contributed by atoms with E-state index < -0.39 is 10.1 Å². The fourth-order valence-corrected chi connectivity index (χ4v) is 3.02. The maximum absolute atomic E-state index is 12.6. The molecule has 3 rings (SSSR count). The van der Waals surface area contributed by atoms with Gasteiger partial charge in [0.05, 0.1) is 12.0 Å². The lowest BCUT2D eigenvalue weighted by Gasteiger charge is -2.22. The standard InChI is InChI=1S/C18H21NO5S/c1-2-25(21,22)24-16-6-3-5-15(11-16)13-19(12-14-8-9-14)18(20)17-7-4-10-23-17/h3-7,10-11,14H,2,8-9,12-13H2,1H3. The summed E-state index contributed by atoms with van der Waals surface area (Å²) in [6, 6.07) is 10.2. The minimum Gasteiger partial charge on any atom is -0.459 e. The van der Waals surface area contributed by atoms with Crippen LogP contribution in [0, 0.1) is 5.92 Å². The van der Waals surface area contributed by atoms with Gasteiger partial charge in [-0.3, -0.25) is 4.79 Å². The normalized spacial score (nSPS) is 14.3. The van der Waals surface area contributed by atoms with Gasteiger partial charge in [0.25, 0.3) is 5.91 Å². The Morgan fingerprint density at radius 1 is 1.28 bits per heavy atom. The first kappa shape index (κ1) is 17.5. The Hall–Kier alpha value is -2.28. The Labute approximate surface area is 147 Å². The van der Waals surface area contributed by atoms with E-state index in [4.69, 9.17) is 8.60 Å². The number of carbonyl (C=O) groups excluding carboxylic acids is 1. The van der Waals surface area contributed by atoms with Gasteiger partial charge in [0.15, 0.2) is 5.76 Å². The van der Waals surface area contributed by atoms with E-state index in [0.29, 0.717) is 24.8 Å². The van der Waals surface area contributed by atoms with Gasteiger partial charge in [0.1, 0.15) is 5.75 Å². The Morgan fingerprint density at radius 2 is 2.08 bits per heavy atom. The van der Waals surface area contributed by atoms with Gasteiger partial charge >= 0.3 is 10.1 Å². The summed E-state index contributed by atoms with van der Waals surface area (Å²) in [5, 5.41) is 0. The van der Waals surface area contributed by atoms with Crippen LogP contribution >= 0.6 is 0 Å². The summed E-state index contributed by atoms with van der Waals surface area (Å²) in [5.74, 6) is 0.836. The zero-order chi connectivity index (χ0) is 17.9. The Bertz CT molecular complexity index is 825. The molecule has 0 aliphatic heterocycles. The van der Waals surface area contributed by atoms with Crippen LogP contribution in [0.2, 0.25) is 0 Å². The van der Waals surface area contributed by atoms with Gasteiger partial charge < -0.3 is 13.5 Å². The fourth-order valence-electron chi connectivity index (χ4n) is 2.51. The third kappa shape index (κ3) is 4.85. The lowest BCUT2D eigenvalue weighted by atomic mass is 10.2. The molecule has 1 aliphatic rings. The highest BCUT2D eigenvalue weighted by Crippen LogP contribution is 2.31. The highest BCUT2D eigenvalue weighted by atomic mass is 32.2. The number of amides is 1. The molecule has 1 aliphatic carbocycles. The SMILES string of the molecule is CCS(=O)(=O)Oc1cccc(CN(CC2CC2)C(=O)c2ccco2)c1. The van der Waals surface area contributed by atoms with Crippen molar-refractivity contribution in [3.05, 3.63) is 54.0 Å². The molecule has 0 saturated heterocycles. The first-order valence-corrected chi connectivity index (χ1v) is 9.88. The molecule has 1 heterocycles. The molecule has 134 valence electrons. The zero-order valence-corrected chi connectivity index (χ0v) is 14.9. The van der Waals surface area contributed by atoms with Crippen molar-refractivity contribution in [3.63, 3.8) is 0 Å². The number of nitrogens with zero attached hydrogens (tertiary/aromatic N) is 1. The summed E-state index contributed by atoms with van der Waals surface area (Å²) >= 11 is 0. The summed E-state index contributed by atoms with van der Waals surface area (Å²) in [7, 11) is -3.57. The molecule has 0 radical (unpaired) electrons. The van der Waals surface area contributed by atoms with Gasteiger partial charge in [0.2, 0.25) is 0 Å². The molecular formula is C18H21NO5S. The maximum atomic E-state index is 12.6. The van der Waals surface area contributed by atoms with Crippen molar-refractivity contribution in [2.75, 3.05) is 12.3 Å². The van der Waals surface area contributed by atoms with E-state index in [1.807, 2.05) is 6.07 Å². The Kier molecular flexibility index (Phi) is 5.13. The molecule has 7 heteroatoms. The molecule has 1 aromatic heterocycles. The van der Waals surface area contributed by atoms with Crippen molar-refractivity contribution >= 4 is 16.0 Å². The van der Waals surface area contributed by atoms with Crippen LogP contribution in [0.25, 0.3) is 0 Å². The monoisotopic (exact) mass is 363 g/mol. The number of carbonyl (C=O) groups is 1. The number of hydrogen-bond donors (Lipinski definition) is 0. The largest absolute Gasteiger partial charge is 0.459 e. The average molecular weight is 363 g/mol. The number of rotatable bonds is 8. The second kappa shape index (κ2) is 7.31. The lowest BCUT2D eigenvalue weighted by molar-refractivity contribution is 0.0702. The first-order chi connectivity index (χ1) is 12.0. The van der Waals surface area contributed by atoms with Crippen LogP contribution in [-0.4, -0.2) is 31.5 Å². The Morgan fingerprint density at radius 3 is 2.72 bits per heavy atom. The summed E-state index contributed by atoms with van der Waals surface area (Å²) in [5.41, 5.74) is 0.810. The number of benzene rings is 1. The third-order valence-corrected chi connectivity index (χ3v) is 5.20. The highest BCUT2D eigenvalue weighted by molar-refractivity contribution is 7.87. The van der Waals surface area contributed by atoms with E-state index in [2.05, 4.69) is 0 Å². The minimum absolute atomic E-state index is 0.0952. The van der Waals surface area contributed by atoms with Crippen molar-refractivity contribution in [1.29, 1.82) is 0 Å². The van der Waals surface area contributed by atoms with Crippen molar-refractivity contribution in [2.24, 2.45) is 5.92 Å². The van der Waals surface area contributed by atoms with E-state index in [1.54, 1.807) is 35.2 Å². The van der Waals surface area contributed by atoms with E-state index in [0.717, 1.165) is 18.4 Å². The van der Waals surface area contributed by atoms with Crippen LogP contribution in [0.4, 0.5) is 0 Å². The molecule has 6 nitrogen and oxygen atoms in total. The van der Waals surface area contributed by atoms with E-state index in [1.165, 1.54) is 13.2 Å². The van der Waals surface area contributed by atoms with Gasteiger partial charge in [-0.2, -0.15) is 8.42 Å². The van der Waals surface area contributed by atoms with E-state index >= 15 is 0 Å². The van der Waals surface area contributed by atoms with Crippen LogP contribution < -0.4 is 4.18 Å². The topological polar surface area (TPSA) is 76.8 Å². The van der Waals surface area contributed by atoms with Crippen LogP contribution in [0.15, 0.2) is 47.1 Å². The molecule has 1 amide bonds. The number of furan rings is 1. The van der Waals surface area contributed by atoms with Crippen molar-refractivity contribution < 1.29 is 21.8 Å². The second-order valence-electron chi connectivity index (χ2n) is 6.18. The predicted molar refractivity (Wildman–Crippen MR) is 92.7 cm³/mol. The first-order valence-electron chi connectivity index (χ1n) is 8.30. The molecule has 0 bridgehead atoms. The van der Waals surface area contributed by atoms with Crippen LogP contribution in [-0.2, 0) is 16.7 Å². The van der Waals surface area contributed by atoms with Crippen molar-refractivity contribution in [1.82, 2.24) is 4.90 Å². The molecule has 25 heavy (non-hydrogen) atoms. The fraction of sp³-hybridized carbons (Fsp3) is 0.389. The summed E-state index contributed by atoms with van der Waals surface area (Å²) < 4.78 is 33.5. The molecule has 0 spiro atoms. The van der Waals surface area contributed by atoms with Crippen LogP contribution in [0.5, 0.6) is 5.75 Å². The molecule has 0 unspecified atom stereocenters. The molecule has 1 saturated carbocycles. The molecule has 2 aromatic rings. The molecule has 1 aromatic carbocycles. The summed E-state index contributed by atoms with van der Waals surface area (Å²) in [6.07, 6.45) is 3.73. The van der Waals surface area contributed by atoms with Gasteiger partial charge in [-0.25, -0.2) is 0 Å². The quantitative estimate of drug-likeness (QED) is 0.674. The molecule has 0 N–H and O–H groups in total. The van der Waals surface area contributed by atoms with Gasteiger partial charge in [-0.05, 0) is 55.5 Å². The van der Waals surface area contributed by atoms with Gasteiger partial charge in [-0.15, -0.1) is 0 Å². The molecule has 0 atom stereocenters. The highest BCUT2D eigenvalue weighted by Gasteiger charge is 2.28. The average Bonchev–Trinajstić information content (AvgIpc) is 3.23. The minimum atomic E-state index is -3.57. The van der Waals surface area contributed by atoms with Crippen LogP contribution in [0.1, 0.15) is 35.9 Å². The van der Waals surface area contributed by atoms with Gasteiger partial charge in [0, 0.05) is 13.1 Å². The van der Waals surface area contributed by atoms with Crippen LogP contribution in [0.3, 0.4) is 0 Å². The van der Waals surface area contributed by atoms with Crippen molar-refractivity contribution in [2.45, 2.75) is 26.3 Å².